The van der Waals surface area contributed by atoms with E-state index in [2.05, 4.69) is 10.5 Å². The first kappa shape index (κ1) is 12.3. The van der Waals surface area contributed by atoms with E-state index >= 15 is 0 Å². The second-order valence-corrected chi connectivity index (χ2v) is 4.45. The summed E-state index contributed by atoms with van der Waals surface area (Å²) in [7, 11) is 0. The number of rotatable bonds is 3. The van der Waals surface area contributed by atoms with Crippen LogP contribution >= 0.6 is 11.3 Å². The van der Waals surface area contributed by atoms with Gasteiger partial charge in [-0.1, -0.05) is 12.1 Å². The van der Waals surface area contributed by atoms with Gasteiger partial charge in [0, 0.05) is 10.9 Å². The van der Waals surface area contributed by atoms with Crippen LogP contribution in [0.1, 0.15) is 22.8 Å². The van der Waals surface area contributed by atoms with E-state index < -0.39 is 0 Å². The third-order valence-electron chi connectivity index (χ3n) is 2.40. The van der Waals surface area contributed by atoms with Gasteiger partial charge in [-0.25, -0.2) is 5.43 Å². The van der Waals surface area contributed by atoms with Gasteiger partial charge in [-0.15, -0.1) is 0 Å². The zero-order valence-electron chi connectivity index (χ0n) is 9.75. The van der Waals surface area contributed by atoms with Crippen LogP contribution in [0.25, 0.3) is 0 Å². The molecule has 4 nitrogen and oxygen atoms in total. The molecule has 2 rings (SSSR count). The van der Waals surface area contributed by atoms with E-state index in [9.17, 15) is 9.90 Å². The average Bonchev–Trinajstić information content (AvgIpc) is 2.90. The summed E-state index contributed by atoms with van der Waals surface area (Å²) in [5.41, 5.74) is 4.19. The summed E-state index contributed by atoms with van der Waals surface area (Å²) < 4.78 is 0. The summed E-state index contributed by atoms with van der Waals surface area (Å²) in [5.74, 6) is -0.116. The molecule has 2 aromatic rings. The molecule has 5 heteroatoms. The van der Waals surface area contributed by atoms with Gasteiger partial charge in [-0.05, 0) is 30.5 Å². The van der Waals surface area contributed by atoms with Crippen LogP contribution in [0.15, 0.2) is 46.2 Å². The van der Waals surface area contributed by atoms with Crippen molar-refractivity contribution in [3.63, 3.8) is 0 Å². The quantitative estimate of drug-likeness (QED) is 0.658. The second-order valence-electron chi connectivity index (χ2n) is 3.67. The zero-order valence-corrected chi connectivity index (χ0v) is 10.6. The van der Waals surface area contributed by atoms with Crippen LogP contribution in [0.2, 0.25) is 0 Å². The summed E-state index contributed by atoms with van der Waals surface area (Å²) in [6.07, 6.45) is 0. The molecule has 1 heterocycles. The third-order valence-corrected chi connectivity index (χ3v) is 3.09. The standard InChI is InChI=1S/C13H12N2O2S/c1-9(11-4-2-3-5-12(11)16)14-15-13(17)10-6-7-18-8-10/h2-8,16H,1H3,(H,15,17). The lowest BCUT2D eigenvalue weighted by atomic mass is 10.1. The number of phenols is 1. The van der Waals surface area contributed by atoms with Gasteiger partial charge in [-0.2, -0.15) is 16.4 Å². The number of nitrogens with zero attached hydrogens (tertiary/aromatic N) is 1. The lowest BCUT2D eigenvalue weighted by molar-refractivity contribution is 0.0955. The molecule has 0 spiro atoms. The molecule has 0 fully saturated rings. The molecule has 18 heavy (non-hydrogen) atoms. The highest BCUT2D eigenvalue weighted by Gasteiger charge is 2.06. The monoisotopic (exact) mass is 260 g/mol. The number of benzene rings is 1. The molecule has 0 aliphatic carbocycles. The summed E-state index contributed by atoms with van der Waals surface area (Å²) in [4.78, 5) is 11.7. The molecule has 0 saturated heterocycles. The van der Waals surface area contributed by atoms with Crippen molar-refractivity contribution in [2.45, 2.75) is 6.92 Å². The minimum atomic E-state index is -0.258. The number of hydrogen-bond donors (Lipinski definition) is 2. The molecule has 0 unspecified atom stereocenters. The Bertz CT molecular complexity index is 576. The minimum Gasteiger partial charge on any atom is -0.507 e. The lowest BCUT2D eigenvalue weighted by Crippen LogP contribution is -2.18. The van der Waals surface area contributed by atoms with Crippen molar-refractivity contribution >= 4 is 23.0 Å². The van der Waals surface area contributed by atoms with Gasteiger partial charge in [0.2, 0.25) is 0 Å². The van der Waals surface area contributed by atoms with Crippen LogP contribution in [-0.4, -0.2) is 16.7 Å². The van der Waals surface area contributed by atoms with Gasteiger partial charge < -0.3 is 5.11 Å². The maximum absolute atomic E-state index is 11.7. The Hall–Kier alpha value is -2.14. The summed E-state index contributed by atoms with van der Waals surface area (Å²) in [5, 5.41) is 17.2. The topological polar surface area (TPSA) is 61.7 Å². The highest BCUT2D eigenvalue weighted by molar-refractivity contribution is 7.08. The Kier molecular flexibility index (Phi) is 3.74. The van der Waals surface area contributed by atoms with E-state index in [1.807, 2.05) is 5.38 Å². The molecule has 1 aromatic carbocycles. The predicted octanol–water partition coefficient (Wildman–Crippen LogP) is 2.61. The maximum atomic E-state index is 11.7. The van der Waals surface area contributed by atoms with E-state index in [0.717, 1.165) is 0 Å². The molecule has 0 atom stereocenters. The molecule has 0 saturated carbocycles. The SMILES string of the molecule is CC(=NNC(=O)c1ccsc1)c1ccccc1O. The Morgan fingerprint density at radius 3 is 2.78 bits per heavy atom. The first-order chi connectivity index (χ1) is 8.68. The number of thiophene rings is 1. The highest BCUT2D eigenvalue weighted by atomic mass is 32.1. The third kappa shape index (κ3) is 2.75. The number of carbonyl (C=O) groups is 1. The van der Waals surface area contributed by atoms with Gasteiger partial charge in [0.25, 0.3) is 5.91 Å². The molecule has 1 aromatic heterocycles. The van der Waals surface area contributed by atoms with Crippen molar-refractivity contribution < 1.29 is 9.90 Å². The van der Waals surface area contributed by atoms with E-state index in [0.29, 0.717) is 16.8 Å². The number of carbonyl (C=O) groups excluding carboxylic acids is 1. The van der Waals surface area contributed by atoms with Gasteiger partial charge in [0.05, 0.1) is 11.3 Å². The molecular weight excluding hydrogens is 248 g/mol. The average molecular weight is 260 g/mol. The first-order valence-electron chi connectivity index (χ1n) is 5.33. The number of hydrogen-bond acceptors (Lipinski definition) is 4. The van der Waals surface area contributed by atoms with Crippen molar-refractivity contribution in [1.82, 2.24) is 5.43 Å². The lowest BCUT2D eigenvalue weighted by Gasteiger charge is -2.03. The van der Waals surface area contributed by atoms with Crippen molar-refractivity contribution in [3.05, 3.63) is 52.2 Å². The van der Waals surface area contributed by atoms with Gasteiger partial charge >= 0.3 is 0 Å². The fourth-order valence-corrected chi connectivity index (χ4v) is 2.07. The molecular formula is C13H12N2O2S. The number of aromatic hydroxyl groups is 1. The van der Waals surface area contributed by atoms with Crippen molar-refractivity contribution in [2.24, 2.45) is 5.10 Å². The number of nitrogens with one attached hydrogen (secondary N) is 1. The molecule has 2 N–H and O–H groups in total. The van der Waals surface area contributed by atoms with Crippen LogP contribution < -0.4 is 5.43 Å². The van der Waals surface area contributed by atoms with Crippen LogP contribution in [-0.2, 0) is 0 Å². The maximum Gasteiger partial charge on any atom is 0.272 e. The fourth-order valence-electron chi connectivity index (χ4n) is 1.43. The van der Waals surface area contributed by atoms with Gasteiger partial charge in [0.15, 0.2) is 0 Å². The van der Waals surface area contributed by atoms with Crippen LogP contribution in [0.3, 0.4) is 0 Å². The normalized spacial score (nSPS) is 11.3. The Labute approximate surface area is 109 Å². The summed E-state index contributed by atoms with van der Waals surface area (Å²) in [6, 6.07) is 8.58. The number of hydrazone groups is 1. The number of para-hydroxylation sites is 1. The van der Waals surface area contributed by atoms with Gasteiger partial charge in [0.1, 0.15) is 5.75 Å². The zero-order chi connectivity index (χ0) is 13.0. The van der Waals surface area contributed by atoms with E-state index in [-0.39, 0.29) is 11.7 Å². The first-order valence-corrected chi connectivity index (χ1v) is 6.28. The largest absolute Gasteiger partial charge is 0.507 e. The molecule has 0 radical (unpaired) electrons. The Morgan fingerprint density at radius 2 is 2.11 bits per heavy atom. The van der Waals surface area contributed by atoms with Gasteiger partial charge in [-0.3, -0.25) is 4.79 Å². The highest BCUT2D eigenvalue weighted by Crippen LogP contribution is 2.16. The second kappa shape index (κ2) is 5.46. The van der Waals surface area contributed by atoms with Crippen molar-refractivity contribution in [2.75, 3.05) is 0 Å². The van der Waals surface area contributed by atoms with Crippen LogP contribution in [0.5, 0.6) is 5.75 Å². The fraction of sp³-hybridized carbons (Fsp3) is 0.0769. The molecule has 0 bridgehead atoms. The van der Waals surface area contributed by atoms with E-state index in [1.54, 1.807) is 42.6 Å². The Balaban J connectivity index is 2.11. The molecule has 0 aliphatic heterocycles. The van der Waals surface area contributed by atoms with E-state index in [1.165, 1.54) is 11.3 Å². The summed E-state index contributed by atoms with van der Waals surface area (Å²) >= 11 is 1.45. The minimum absolute atomic E-state index is 0.142. The van der Waals surface area contributed by atoms with Crippen molar-refractivity contribution in [1.29, 1.82) is 0 Å². The smallest absolute Gasteiger partial charge is 0.272 e. The predicted molar refractivity (Wildman–Crippen MR) is 72.1 cm³/mol. The summed E-state index contributed by atoms with van der Waals surface area (Å²) in [6.45, 7) is 1.73. The number of phenolic OH excluding ortho intramolecular Hbond substituents is 1. The van der Waals surface area contributed by atoms with Crippen LogP contribution in [0.4, 0.5) is 0 Å². The van der Waals surface area contributed by atoms with E-state index in [4.69, 9.17) is 0 Å². The van der Waals surface area contributed by atoms with Crippen LogP contribution in [0, 0.1) is 0 Å². The number of amides is 1. The van der Waals surface area contributed by atoms with Crippen molar-refractivity contribution in [3.8, 4) is 5.75 Å². The molecule has 0 aliphatic rings. The Morgan fingerprint density at radius 1 is 1.33 bits per heavy atom. The molecule has 92 valence electrons. The molecule has 1 amide bonds.